The molecule has 1 atom stereocenters. The van der Waals surface area contributed by atoms with Gasteiger partial charge in [0, 0.05) is 19.1 Å². The molecule has 1 aliphatic carbocycles. The van der Waals surface area contributed by atoms with Gasteiger partial charge in [0.25, 0.3) is 0 Å². The molecule has 78 valence electrons. The minimum Gasteiger partial charge on any atom is -0.468 e. The van der Waals surface area contributed by atoms with Crippen LogP contribution in [0.1, 0.15) is 31.6 Å². The van der Waals surface area contributed by atoms with Crippen LogP contribution in [0.5, 0.6) is 0 Å². The van der Waals surface area contributed by atoms with Crippen molar-refractivity contribution in [3.05, 3.63) is 24.2 Å². The molecule has 0 bridgehead atoms. The first-order chi connectivity index (χ1) is 6.86. The van der Waals surface area contributed by atoms with Crippen molar-refractivity contribution in [1.29, 1.82) is 0 Å². The molecule has 0 aromatic carbocycles. The summed E-state index contributed by atoms with van der Waals surface area (Å²) in [7, 11) is 0. The van der Waals surface area contributed by atoms with Gasteiger partial charge in [0.05, 0.1) is 12.3 Å². The summed E-state index contributed by atoms with van der Waals surface area (Å²) in [4.78, 5) is 0. The SMILES string of the molecule is CC(NCCNC1CC1)c1ccco1. The fourth-order valence-corrected chi connectivity index (χ4v) is 1.49. The molecule has 0 spiro atoms. The summed E-state index contributed by atoms with van der Waals surface area (Å²) >= 11 is 0. The van der Waals surface area contributed by atoms with Crippen LogP contribution in [0.25, 0.3) is 0 Å². The molecule has 3 heteroatoms. The van der Waals surface area contributed by atoms with Gasteiger partial charge in [-0.15, -0.1) is 0 Å². The highest BCUT2D eigenvalue weighted by atomic mass is 16.3. The zero-order chi connectivity index (χ0) is 9.80. The van der Waals surface area contributed by atoms with Gasteiger partial charge in [-0.2, -0.15) is 0 Å². The van der Waals surface area contributed by atoms with Gasteiger partial charge in [-0.25, -0.2) is 0 Å². The minimum atomic E-state index is 0.311. The largest absolute Gasteiger partial charge is 0.468 e. The summed E-state index contributed by atoms with van der Waals surface area (Å²) in [6.07, 6.45) is 4.43. The molecule has 2 N–H and O–H groups in total. The number of nitrogens with one attached hydrogen (secondary N) is 2. The van der Waals surface area contributed by atoms with E-state index < -0.39 is 0 Å². The monoisotopic (exact) mass is 194 g/mol. The molecule has 0 saturated heterocycles. The van der Waals surface area contributed by atoms with Crippen molar-refractivity contribution in [3.8, 4) is 0 Å². The van der Waals surface area contributed by atoms with E-state index in [1.54, 1.807) is 6.26 Å². The van der Waals surface area contributed by atoms with Gasteiger partial charge in [-0.1, -0.05) is 0 Å². The molecule has 3 nitrogen and oxygen atoms in total. The van der Waals surface area contributed by atoms with Crippen LogP contribution in [-0.2, 0) is 0 Å². The Morgan fingerprint density at radius 2 is 2.36 bits per heavy atom. The van der Waals surface area contributed by atoms with E-state index in [0.717, 1.165) is 24.9 Å². The zero-order valence-corrected chi connectivity index (χ0v) is 8.62. The summed E-state index contributed by atoms with van der Waals surface area (Å²) in [5, 5.41) is 6.88. The smallest absolute Gasteiger partial charge is 0.120 e. The van der Waals surface area contributed by atoms with Crippen molar-refractivity contribution < 1.29 is 4.42 Å². The predicted molar refractivity (Wildman–Crippen MR) is 56.2 cm³/mol. The highest BCUT2D eigenvalue weighted by Crippen LogP contribution is 2.18. The molecule has 0 amide bonds. The van der Waals surface area contributed by atoms with Crippen molar-refractivity contribution in [2.24, 2.45) is 0 Å². The molecule has 1 fully saturated rings. The number of hydrogen-bond donors (Lipinski definition) is 2. The van der Waals surface area contributed by atoms with Crippen molar-refractivity contribution in [1.82, 2.24) is 10.6 Å². The normalized spacial score (nSPS) is 18.4. The van der Waals surface area contributed by atoms with E-state index in [1.807, 2.05) is 12.1 Å². The molecule has 0 aliphatic heterocycles. The fraction of sp³-hybridized carbons (Fsp3) is 0.636. The van der Waals surface area contributed by atoms with E-state index in [0.29, 0.717) is 6.04 Å². The van der Waals surface area contributed by atoms with E-state index in [2.05, 4.69) is 17.6 Å². The highest BCUT2D eigenvalue weighted by molar-refractivity contribution is 5.02. The van der Waals surface area contributed by atoms with Crippen LogP contribution in [0.2, 0.25) is 0 Å². The molecule has 1 aromatic heterocycles. The third-order valence-corrected chi connectivity index (χ3v) is 2.56. The molecule has 0 radical (unpaired) electrons. The Labute approximate surface area is 84.9 Å². The van der Waals surface area contributed by atoms with Gasteiger partial charge in [0.15, 0.2) is 0 Å². The second kappa shape index (κ2) is 4.62. The van der Waals surface area contributed by atoms with Crippen LogP contribution in [0.3, 0.4) is 0 Å². The van der Waals surface area contributed by atoms with E-state index in [-0.39, 0.29) is 0 Å². The van der Waals surface area contributed by atoms with Crippen molar-refractivity contribution in [3.63, 3.8) is 0 Å². The van der Waals surface area contributed by atoms with Crippen LogP contribution in [0.4, 0.5) is 0 Å². The molecule has 1 heterocycles. The Morgan fingerprint density at radius 3 is 3.00 bits per heavy atom. The van der Waals surface area contributed by atoms with E-state index in [9.17, 15) is 0 Å². The molecule has 1 unspecified atom stereocenters. The van der Waals surface area contributed by atoms with Gasteiger partial charge in [-0.05, 0) is 31.9 Å². The summed E-state index contributed by atoms with van der Waals surface area (Å²) in [5.41, 5.74) is 0. The lowest BCUT2D eigenvalue weighted by atomic mass is 10.2. The Morgan fingerprint density at radius 1 is 1.50 bits per heavy atom. The van der Waals surface area contributed by atoms with Gasteiger partial charge < -0.3 is 15.1 Å². The Hall–Kier alpha value is -0.800. The third-order valence-electron chi connectivity index (χ3n) is 2.56. The van der Waals surface area contributed by atoms with Crippen LogP contribution in [0.15, 0.2) is 22.8 Å². The maximum Gasteiger partial charge on any atom is 0.120 e. The summed E-state index contributed by atoms with van der Waals surface area (Å²) in [6, 6.07) is 5.05. The fourth-order valence-electron chi connectivity index (χ4n) is 1.49. The average Bonchev–Trinajstić information content (AvgIpc) is 2.84. The topological polar surface area (TPSA) is 37.2 Å². The molecule has 14 heavy (non-hydrogen) atoms. The maximum absolute atomic E-state index is 5.30. The van der Waals surface area contributed by atoms with Crippen LogP contribution in [-0.4, -0.2) is 19.1 Å². The molecule has 2 rings (SSSR count). The van der Waals surface area contributed by atoms with Crippen LogP contribution < -0.4 is 10.6 Å². The van der Waals surface area contributed by atoms with E-state index >= 15 is 0 Å². The van der Waals surface area contributed by atoms with E-state index in [4.69, 9.17) is 4.42 Å². The molecule has 1 saturated carbocycles. The average molecular weight is 194 g/mol. The molecular weight excluding hydrogens is 176 g/mol. The molecule has 1 aliphatic rings. The van der Waals surface area contributed by atoms with Gasteiger partial charge in [-0.3, -0.25) is 0 Å². The number of rotatable bonds is 6. The lowest BCUT2D eigenvalue weighted by molar-refractivity contribution is 0.428. The van der Waals surface area contributed by atoms with Gasteiger partial charge >= 0.3 is 0 Å². The predicted octanol–water partition coefficient (Wildman–Crippen LogP) is 1.68. The number of furan rings is 1. The molecule has 1 aromatic rings. The standard InChI is InChI=1S/C11H18N2O/c1-9(11-3-2-8-14-11)12-6-7-13-10-4-5-10/h2-3,8-10,12-13H,4-7H2,1H3. The zero-order valence-electron chi connectivity index (χ0n) is 8.62. The van der Waals surface area contributed by atoms with Gasteiger partial charge in [0.1, 0.15) is 5.76 Å². The molecular formula is C11H18N2O. The second-order valence-electron chi connectivity index (χ2n) is 3.92. The summed E-state index contributed by atoms with van der Waals surface area (Å²) in [6.45, 7) is 4.17. The van der Waals surface area contributed by atoms with E-state index in [1.165, 1.54) is 12.8 Å². The highest BCUT2D eigenvalue weighted by Gasteiger charge is 2.19. The summed E-state index contributed by atoms with van der Waals surface area (Å²) in [5.74, 6) is 1.01. The van der Waals surface area contributed by atoms with Crippen molar-refractivity contribution in [2.75, 3.05) is 13.1 Å². The van der Waals surface area contributed by atoms with Crippen molar-refractivity contribution in [2.45, 2.75) is 31.8 Å². The summed E-state index contributed by atoms with van der Waals surface area (Å²) < 4.78 is 5.30. The first-order valence-corrected chi connectivity index (χ1v) is 5.36. The Bertz CT molecular complexity index is 254. The van der Waals surface area contributed by atoms with Crippen molar-refractivity contribution >= 4 is 0 Å². The first-order valence-electron chi connectivity index (χ1n) is 5.36. The minimum absolute atomic E-state index is 0.311. The lowest BCUT2D eigenvalue weighted by Gasteiger charge is -2.11. The Kier molecular flexibility index (Phi) is 3.22. The van der Waals surface area contributed by atoms with Gasteiger partial charge in [0.2, 0.25) is 0 Å². The number of hydrogen-bond acceptors (Lipinski definition) is 3. The lowest BCUT2D eigenvalue weighted by Crippen LogP contribution is -2.30. The quantitative estimate of drug-likeness (QED) is 0.677. The van der Waals surface area contributed by atoms with Crippen LogP contribution in [0, 0.1) is 0 Å². The van der Waals surface area contributed by atoms with Crippen LogP contribution >= 0.6 is 0 Å². The third kappa shape index (κ3) is 2.86. The Balaban J connectivity index is 1.59. The maximum atomic E-state index is 5.30. The first kappa shape index (κ1) is 9.74. The second-order valence-corrected chi connectivity index (χ2v) is 3.92.